The Bertz CT molecular complexity index is 995. The number of hydrogen-bond donors (Lipinski definition) is 0. The van der Waals surface area contributed by atoms with Crippen molar-refractivity contribution in [3.63, 3.8) is 0 Å². The molecule has 5 heteroatoms. The zero-order valence-corrected chi connectivity index (χ0v) is 18.3. The Hall–Kier alpha value is -2.14. The van der Waals surface area contributed by atoms with Gasteiger partial charge >= 0.3 is 0 Å². The van der Waals surface area contributed by atoms with E-state index in [4.69, 9.17) is 9.15 Å². The number of benzene rings is 2. The van der Waals surface area contributed by atoms with E-state index >= 15 is 0 Å². The molecule has 0 unspecified atom stereocenters. The fourth-order valence-corrected chi connectivity index (χ4v) is 3.72. The molecule has 0 fully saturated rings. The van der Waals surface area contributed by atoms with Crippen molar-refractivity contribution in [1.82, 2.24) is 0 Å². The van der Waals surface area contributed by atoms with Gasteiger partial charge in [0.15, 0.2) is 5.43 Å². The number of hydrogen-bond acceptors (Lipinski definition) is 3. The van der Waals surface area contributed by atoms with Crippen LogP contribution in [-0.4, -0.2) is 11.9 Å². The molecule has 3 rings (SSSR count). The van der Waals surface area contributed by atoms with Crippen molar-refractivity contribution in [2.45, 2.75) is 45.4 Å². The minimum Gasteiger partial charge on any atom is -0.494 e. The van der Waals surface area contributed by atoms with Crippen molar-refractivity contribution in [3.8, 4) is 17.1 Å². The number of alkyl halides is 1. The minimum absolute atomic E-state index is 0.0946. The van der Waals surface area contributed by atoms with Gasteiger partial charge in [-0.2, -0.15) is 0 Å². The second kappa shape index (κ2) is 10.6. The SMILES string of the molecule is Cc1c(-c2ccc(F)cc2)oc2ccc(OCCCCCCCCBr)cc2c1=O. The summed E-state index contributed by atoms with van der Waals surface area (Å²) in [6.07, 6.45) is 7.15. The second-order valence-corrected chi connectivity index (χ2v) is 8.00. The average Bonchev–Trinajstić information content (AvgIpc) is 2.73. The van der Waals surface area contributed by atoms with Crippen LogP contribution >= 0.6 is 15.9 Å². The van der Waals surface area contributed by atoms with Crippen molar-refractivity contribution in [2.24, 2.45) is 0 Å². The van der Waals surface area contributed by atoms with Crippen LogP contribution < -0.4 is 10.2 Å². The van der Waals surface area contributed by atoms with Crippen molar-refractivity contribution in [2.75, 3.05) is 11.9 Å². The van der Waals surface area contributed by atoms with Gasteiger partial charge in [0.05, 0.1) is 12.0 Å². The Morgan fingerprint density at radius 1 is 0.966 bits per heavy atom. The van der Waals surface area contributed by atoms with E-state index in [1.54, 1.807) is 31.2 Å². The molecule has 0 N–H and O–H groups in total. The lowest BCUT2D eigenvalue weighted by molar-refractivity contribution is 0.304. The lowest BCUT2D eigenvalue weighted by atomic mass is 10.1. The zero-order chi connectivity index (χ0) is 20.6. The van der Waals surface area contributed by atoms with Gasteiger partial charge in [-0.05, 0) is 62.2 Å². The summed E-state index contributed by atoms with van der Waals surface area (Å²) in [5.74, 6) is 0.823. The molecule has 0 atom stereocenters. The molecule has 0 aliphatic rings. The lowest BCUT2D eigenvalue weighted by Gasteiger charge is -2.10. The fraction of sp³-hybridized carbons (Fsp3) is 0.375. The minimum atomic E-state index is -0.324. The number of rotatable bonds is 10. The molecule has 1 aromatic heterocycles. The van der Waals surface area contributed by atoms with Crippen LogP contribution in [0, 0.1) is 12.7 Å². The monoisotopic (exact) mass is 460 g/mol. The Labute approximate surface area is 179 Å². The van der Waals surface area contributed by atoms with Crippen molar-refractivity contribution < 1.29 is 13.5 Å². The molecule has 1 heterocycles. The summed E-state index contributed by atoms with van der Waals surface area (Å²) in [6, 6.07) is 11.3. The van der Waals surface area contributed by atoms with E-state index in [9.17, 15) is 9.18 Å². The maximum atomic E-state index is 13.2. The van der Waals surface area contributed by atoms with Gasteiger partial charge in [-0.1, -0.05) is 41.6 Å². The first kappa shape index (κ1) is 21.6. The summed E-state index contributed by atoms with van der Waals surface area (Å²) >= 11 is 3.45. The van der Waals surface area contributed by atoms with Crippen LogP contribution in [0.1, 0.15) is 44.1 Å². The van der Waals surface area contributed by atoms with E-state index in [0.717, 1.165) is 18.2 Å². The average molecular weight is 461 g/mol. The first-order chi connectivity index (χ1) is 14.1. The molecule has 0 saturated heterocycles. The highest BCUT2D eigenvalue weighted by Gasteiger charge is 2.13. The molecular weight excluding hydrogens is 435 g/mol. The quantitative estimate of drug-likeness (QED) is 0.241. The topological polar surface area (TPSA) is 39.4 Å². The third-order valence-electron chi connectivity index (χ3n) is 4.99. The van der Waals surface area contributed by atoms with Gasteiger partial charge in [0.25, 0.3) is 0 Å². The molecule has 0 amide bonds. The number of ether oxygens (including phenoxy) is 1. The fourth-order valence-electron chi connectivity index (χ4n) is 3.33. The van der Waals surface area contributed by atoms with Crippen LogP contribution in [0.4, 0.5) is 4.39 Å². The van der Waals surface area contributed by atoms with Gasteiger partial charge in [0.1, 0.15) is 22.9 Å². The largest absolute Gasteiger partial charge is 0.494 e. The highest BCUT2D eigenvalue weighted by Crippen LogP contribution is 2.27. The van der Waals surface area contributed by atoms with Gasteiger partial charge in [-0.25, -0.2) is 4.39 Å². The molecule has 3 nitrogen and oxygen atoms in total. The molecule has 2 aromatic carbocycles. The van der Waals surface area contributed by atoms with E-state index in [-0.39, 0.29) is 11.2 Å². The Morgan fingerprint density at radius 2 is 1.66 bits per heavy atom. The predicted molar refractivity (Wildman–Crippen MR) is 120 cm³/mol. The maximum Gasteiger partial charge on any atom is 0.196 e. The first-order valence-corrected chi connectivity index (χ1v) is 11.2. The molecule has 0 saturated carbocycles. The zero-order valence-electron chi connectivity index (χ0n) is 16.7. The summed E-state index contributed by atoms with van der Waals surface area (Å²) in [4.78, 5) is 12.9. The van der Waals surface area contributed by atoms with Gasteiger partial charge in [0, 0.05) is 16.5 Å². The Balaban J connectivity index is 1.67. The highest BCUT2D eigenvalue weighted by atomic mass is 79.9. The third-order valence-corrected chi connectivity index (χ3v) is 5.55. The highest BCUT2D eigenvalue weighted by molar-refractivity contribution is 9.09. The van der Waals surface area contributed by atoms with E-state index < -0.39 is 0 Å². The standard InChI is InChI=1S/C24H26BrFO3/c1-17-23(27)21-16-20(28-15-7-5-3-2-4-6-14-25)12-13-22(21)29-24(17)18-8-10-19(26)11-9-18/h8-13,16H,2-7,14-15H2,1H3. The second-order valence-electron chi connectivity index (χ2n) is 7.21. The van der Waals surface area contributed by atoms with Crippen molar-refractivity contribution in [3.05, 3.63) is 64.1 Å². The molecule has 0 bridgehead atoms. The summed E-state index contributed by atoms with van der Waals surface area (Å²) in [6.45, 7) is 2.37. The van der Waals surface area contributed by atoms with Crippen LogP contribution in [0.3, 0.4) is 0 Å². The third kappa shape index (κ3) is 5.69. The van der Waals surface area contributed by atoms with Crippen LogP contribution in [0.5, 0.6) is 5.75 Å². The molecule has 0 aliphatic heterocycles. The van der Waals surface area contributed by atoms with Gasteiger partial charge in [-0.15, -0.1) is 0 Å². The normalized spacial score (nSPS) is 11.1. The lowest BCUT2D eigenvalue weighted by Crippen LogP contribution is -2.08. The van der Waals surface area contributed by atoms with Gasteiger partial charge in [0.2, 0.25) is 0 Å². The molecule has 0 spiro atoms. The van der Waals surface area contributed by atoms with E-state index in [0.29, 0.717) is 40.2 Å². The van der Waals surface area contributed by atoms with Crippen LogP contribution in [0.2, 0.25) is 0 Å². The molecule has 3 aromatic rings. The molecule has 29 heavy (non-hydrogen) atoms. The molecule has 0 aliphatic carbocycles. The molecule has 0 radical (unpaired) electrons. The smallest absolute Gasteiger partial charge is 0.196 e. The maximum absolute atomic E-state index is 13.2. The first-order valence-electron chi connectivity index (χ1n) is 10.1. The summed E-state index contributed by atoms with van der Waals surface area (Å²) in [7, 11) is 0. The van der Waals surface area contributed by atoms with Gasteiger partial charge < -0.3 is 9.15 Å². The predicted octanol–water partition coefficient (Wildman–Crippen LogP) is 7.02. The van der Waals surface area contributed by atoms with Crippen molar-refractivity contribution in [1.29, 1.82) is 0 Å². The summed E-state index contributed by atoms with van der Waals surface area (Å²) < 4.78 is 25.0. The van der Waals surface area contributed by atoms with E-state index in [2.05, 4.69) is 15.9 Å². The van der Waals surface area contributed by atoms with Crippen LogP contribution in [0.15, 0.2) is 51.7 Å². The van der Waals surface area contributed by atoms with E-state index in [1.807, 2.05) is 6.07 Å². The molecular formula is C24H26BrFO3. The summed E-state index contributed by atoms with van der Waals surface area (Å²) in [5, 5.41) is 1.58. The van der Waals surface area contributed by atoms with Gasteiger partial charge in [-0.3, -0.25) is 4.79 Å². The Morgan fingerprint density at radius 3 is 2.38 bits per heavy atom. The number of fused-ring (bicyclic) bond motifs is 1. The number of unbranched alkanes of at least 4 members (excludes halogenated alkanes) is 5. The van der Waals surface area contributed by atoms with Crippen molar-refractivity contribution >= 4 is 26.9 Å². The molecule has 154 valence electrons. The summed E-state index contributed by atoms with van der Waals surface area (Å²) in [5.41, 5.74) is 1.59. The number of halogens is 2. The van der Waals surface area contributed by atoms with Crippen LogP contribution in [-0.2, 0) is 0 Å². The van der Waals surface area contributed by atoms with E-state index in [1.165, 1.54) is 37.8 Å². The Kier molecular flexibility index (Phi) is 7.87. The van der Waals surface area contributed by atoms with Crippen LogP contribution in [0.25, 0.3) is 22.3 Å².